The van der Waals surface area contributed by atoms with Gasteiger partial charge in [0.1, 0.15) is 17.8 Å². The molecule has 0 bridgehead atoms. The van der Waals surface area contributed by atoms with Crippen molar-refractivity contribution in [1.82, 2.24) is 29.1 Å². The van der Waals surface area contributed by atoms with Crippen LogP contribution in [0.2, 0.25) is 0 Å². The number of nitrogens with one attached hydrogen (secondary N) is 1. The van der Waals surface area contributed by atoms with E-state index < -0.39 is 0 Å². The summed E-state index contributed by atoms with van der Waals surface area (Å²) >= 11 is 0. The van der Waals surface area contributed by atoms with Crippen LogP contribution in [0.4, 0.5) is 5.82 Å². The summed E-state index contributed by atoms with van der Waals surface area (Å²) in [6.07, 6.45) is 9.33. The maximum Gasteiger partial charge on any atom is 0.137 e. The number of aryl methyl sites for hydroxylation is 2. The molecule has 148 valence electrons. The molecule has 0 saturated carbocycles. The van der Waals surface area contributed by atoms with Crippen molar-refractivity contribution in [1.29, 1.82) is 0 Å². The number of aromatic nitrogens is 6. The van der Waals surface area contributed by atoms with Gasteiger partial charge < -0.3 is 5.32 Å². The third-order valence-electron chi connectivity index (χ3n) is 5.06. The van der Waals surface area contributed by atoms with Crippen LogP contribution in [-0.4, -0.2) is 29.1 Å². The zero-order valence-corrected chi connectivity index (χ0v) is 16.8. The molecule has 5 rings (SSSR count). The van der Waals surface area contributed by atoms with Crippen LogP contribution < -0.4 is 5.32 Å². The number of hydrogen-bond donors (Lipinski definition) is 1. The van der Waals surface area contributed by atoms with Crippen LogP contribution in [0.1, 0.15) is 11.1 Å². The van der Waals surface area contributed by atoms with Gasteiger partial charge in [-0.3, -0.25) is 9.08 Å². The van der Waals surface area contributed by atoms with Gasteiger partial charge in [-0.05, 0) is 35.7 Å². The summed E-state index contributed by atoms with van der Waals surface area (Å²) in [7, 11) is 1.92. The minimum atomic E-state index is 0.677. The van der Waals surface area contributed by atoms with E-state index in [1.54, 1.807) is 6.33 Å². The Morgan fingerprint density at radius 3 is 2.60 bits per heavy atom. The molecule has 0 radical (unpaired) electrons. The second-order valence-corrected chi connectivity index (χ2v) is 7.32. The van der Waals surface area contributed by atoms with Crippen LogP contribution in [-0.2, 0) is 13.6 Å². The number of benzene rings is 1. The van der Waals surface area contributed by atoms with Gasteiger partial charge >= 0.3 is 0 Å². The van der Waals surface area contributed by atoms with Gasteiger partial charge in [0, 0.05) is 37.6 Å². The Hall–Kier alpha value is -4.00. The molecule has 0 aliphatic heterocycles. The van der Waals surface area contributed by atoms with E-state index in [2.05, 4.69) is 68.7 Å². The summed E-state index contributed by atoms with van der Waals surface area (Å²) in [6, 6.07) is 14.5. The van der Waals surface area contributed by atoms with Crippen molar-refractivity contribution in [3.05, 3.63) is 84.7 Å². The van der Waals surface area contributed by atoms with Gasteiger partial charge in [0.15, 0.2) is 0 Å². The molecule has 7 heteroatoms. The molecule has 0 fully saturated rings. The van der Waals surface area contributed by atoms with E-state index in [0.29, 0.717) is 6.54 Å². The van der Waals surface area contributed by atoms with E-state index in [0.717, 1.165) is 34.0 Å². The number of rotatable bonds is 5. The van der Waals surface area contributed by atoms with Crippen LogP contribution in [0.25, 0.3) is 28.2 Å². The van der Waals surface area contributed by atoms with E-state index in [1.807, 2.05) is 47.0 Å². The highest BCUT2D eigenvalue weighted by molar-refractivity contribution is 5.64. The molecule has 0 atom stereocenters. The number of hydrogen-bond acceptors (Lipinski definition) is 5. The van der Waals surface area contributed by atoms with E-state index in [9.17, 15) is 0 Å². The summed E-state index contributed by atoms with van der Waals surface area (Å²) in [5, 5.41) is 7.61. The van der Waals surface area contributed by atoms with Gasteiger partial charge in [-0.1, -0.05) is 24.3 Å². The lowest BCUT2D eigenvalue weighted by Crippen LogP contribution is -2.02. The zero-order chi connectivity index (χ0) is 20.5. The molecule has 1 N–H and O–H groups in total. The van der Waals surface area contributed by atoms with E-state index in [-0.39, 0.29) is 0 Å². The van der Waals surface area contributed by atoms with Crippen molar-refractivity contribution < 1.29 is 0 Å². The number of pyridine rings is 1. The van der Waals surface area contributed by atoms with E-state index in [4.69, 9.17) is 0 Å². The Kier molecular flexibility index (Phi) is 4.48. The lowest BCUT2D eigenvalue weighted by Gasteiger charge is -2.08. The lowest BCUT2D eigenvalue weighted by molar-refractivity contribution is 0.768. The molecule has 0 aliphatic rings. The topological polar surface area (TPSA) is 72.9 Å². The average Bonchev–Trinajstić information content (AvgIpc) is 3.39. The fraction of sp³-hybridized carbons (Fsp3) is 0.130. The van der Waals surface area contributed by atoms with Crippen molar-refractivity contribution in [3.63, 3.8) is 0 Å². The van der Waals surface area contributed by atoms with Gasteiger partial charge in [0.25, 0.3) is 0 Å². The molecule has 0 saturated heterocycles. The first kappa shape index (κ1) is 18.1. The van der Waals surface area contributed by atoms with Gasteiger partial charge in [-0.15, -0.1) is 0 Å². The molecule has 1 aromatic carbocycles. The molecule has 0 amide bonds. The molecular formula is C23H21N7. The Bertz CT molecular complexity index is 1320. The predicted molar refractivity (Wildman–Crippen MR) is 117 cm³/mol. The number of fused-ring (bicyclic) bond motifs is 1. The highest BCUT2D eigenvalue weighted by Gasteiger charge is 2.09. The highest BCUT2D eigenvalue weighted by Crippen LogP contribution is 2.22. The molecule has 30 heavy (non-hydrogen) atoms. The molecule has 0 unspecified atom stereocenters. The van der Waals surface area contributed by atoms with Gasteiger partial charge in [0.2, 0.25) is 0 Å². The van der Waals surface area contributed by atoms with Crippen LogP contribution in [0.15, 0.2) is 73.6 Å². The van der Waals surface area contributed by atoms with Gasteiger partial charge in [-0.2, -0.15) is 5.10 Å². The molecule has 0 aliphatic carbocycles. The number of imidazole rings is 1. The van der Waals surface area contributed by atoms with Gasteiger partial charge in [-0.25, -0.2) is 15.0 Å². The predicted octanol–water partition coefficient (Wildman–Crippen LogP) is 4.11. The van der Waals surface area contributed by atoms with Crippen LogP contribution in [0.3, 0.4) is 0 Å². The summed E-state index contributed by atoms with van der Waals surface area (Å²) in [5.74, 6) is 0.776. The monoisotopic (exact) mass is 395 g/mol. The van der Waals surface area contributed by atoms with Crippen molar-refractivity contribution in [2.45, 2.75) is 13.5 Å². The molecular weight excluding hydrogens is 374 g/mol. The molecule has 4 aromatic heterocycles. The molecule has 4 heterocycles. The van der Waals surface area contributed by atoms with Crippen LogP contribution in [0, 0.1) is 6.92 Å². The lowest BCUT2D eigenvalue weighted by atomic mass is 10.1. The van der Waals surface area contributed by atoms with Gasteiger partial charge in [0.05, 0.1) is 23.8 Å². The summed E-state index contributed by atoms with van der Waals surface area (Å²) in [4.78, 5) is 13.3. The maximum absolute atomic E-state index is 4.49. The maximum atomic E-state index is 4.49. The Labute approximate surface area is 174 Å². The number of anilines is 1. The van der Waals surface area contributed by atoms with Crippen molar-refractivity contribution >= 4 is 11.5 Å². The molecule has 5 aromatic rings. The second kappa shape index (κ2) is 7.44. The number of nitrogens with zero attached hydrogens (tertiary/aromatic N) is 6. The fourth-order valence-corrected chi connectivity index (χ4v) is 3.44. The van der Waals surface area contributed by atoms with E-state index >= 15 is 0 Å². The van der Waals surface area contributed by atoms with Crippen molar-refractivity contribution in [2.75, 3.05) is 5.32 Å². The molecule has 0 spiro atoms. The minimum absolute atomic E-state index is 0.677. The Morgan fingerprint density at radius 1 is 0.933 bits per heavy atom. The van der Waals surface area contributed by atoms with Crippen molar-refractivity contribution in [2.24, 2.45) is 7.05 Å². The minimum Gasteiger partial charge on any atom is -0.366 e. The highest BCUT2D eigenvalue weighted by atomic mass is 15.2. The quantitative estimate of drug-likeness (QED) is 0.485. The second-order valence-electron chi connectivity index (χ2n) is 7.32. The standard InChI is InChI=1S/C23H21N7/c1-16-7-8-30-21(13-25-23(30)9-16)20-10-22(27-15-26-20)24-11-17-3-5-18(6-4-17)19-12-28-29(2)14-19/h3-10,12-15H,11H2,1-2H3,(H,24,26,27). The normalized spacial score (nSPS) is 11.1. The Morgan fingerprint density at radius 2 is 1.80 bits per heavy atom. The third-order valence-corrected chi connectivity index (χ3v) is 5.06. The SMILES string of the molecule is Cc1ccn2c(-c3cc(NCc4ccc(-c5cnn(C)c5)cc4)ncn3)cnc2c1. The fourth-order valence-electron chi connectivity index (χ4n) is 3.44. The molecule has 7 nitrogen and oxygen atoms in total. The zero-order valence-electron chi connectivity index (χ0n) is 16.8. The first-order chi connectivity index (χ1) is 14.7. The van der Waals surface area contributed by atoms with Crippen molar-refractivity contribution in [3.8, 4) is 22.5 Å². The third kappa shape index (κ3) is 3.53. The first-order valence-corrected chi connectivity index (χ1v) is 9.74. The summed E-state index contributed by atoms with van der Waals surface area (Å²) < 4.78 is 3.85. The average molecular weight is 395 g/mol. The smallest absolute Gasteiger partial charge is 0.137 e. The summed E-state index contributed by atoms with van der Waals surface area (Å²) in [5.41, 5.74) is 7.30. The summed E-state index contributed by atoms with van der Waals surface area (Å²) in [6.45, 7) is 2.74. The van der Waals surface area contributed by atoms with Crippen LogP contribution >= 0.6 is 0 Å². The van der Waals surface area contributed by atoms with Crippen LogP contribution in [0.5, 0.6) is 0 Å². The Balaban J connectivity index is 1.32. The first-order valence-electron chi connectivity index (χ1n) is 9.74. The van der Waals surface area contributed by atoms with E-state index in [1.165, 1.54) is 11.1 Å². The largest absolute Gasteiger partial charge is 0.366 e.